The Morgan fingerprint density at radius 2 is 2.17 bits per heavy atom. The zero-order valence-corrected chi connectivity index (χ0v) is 10.3. The fraction of sp³-hybridized carbons (Fsp3) is 0.357. The van der Waals surface area contributed by atoms with Crippen LogP contribution < -0.4 is 5.32 Å². The van der Waals surface area contributed by atoms with E-state index in [9.17, 15) is 4.39 Å². The first-order valence-electron chi connectivity index (χ1n) is 6.30. The van der Waals surface area contributed by atoms with Gasteiger partial charge in [-0.25, -0.2) is 4.39 Å². The van der Waals surface area contributed by atoms with E-state index in [1.54, 1.807) is 12.1 Å². The topological polar surface area (TPSA) is 40.7 Å². The third-order valence-corrected chi connectivity index (χ3v) is 3.59. The van der Waals surface area contributed by atoms with E-state index in [1.165, 1.54) is 12.5 Å². The first-order chi connectivity index (χ1) is 8.77. The van der Waals surface area contributed by atoms with E-state index in [0.29, 0.717) is 11.6 Å². The second-order valence-corrected chi connectivity index (χ2v) is 4.74. The maximum atomic E-state index is 13.8. The van der Waals surface area contributed by atoms with Crippen molar-refractivity contribution in [2.45, 2.75) is 25.8 Å². The van der Waals surface area contributed by atoms with E-state index >= 15 is 0 Å². The second kappa shape index (κ2) is 4.53. The van der Waals surface area contributed by atoms with Crippen molar-refractivity contribution in [3.05, 3.63) is 41.3 Å². The van der Waals surface area contributed by atoms with E-state index in [4.69, 9.17) is 0 Å². The van der Waals surface area contributed by atoms with Gasteiger partial charge >= 0.3 is 0 Å². The number of aromatic amines is 1. The number of nitrogens with zero attached hydrogens (tertiary/aromatic N) is 1. The first kappa shape index (κ1) is 11.4. The molecular weight excluding hydrogens is 229 g/mol. The van der Waals surface area contributed by atoms with Crippen LogP contribution >= 0.6 is 0 Å². The zero-order valence-electron chi connectivity index (χ0n) is 10.3. The summed E-state index contributed by atoms with van der Waals surface area (Å²) in [6.07, 6.45) is 2.29. The number of halogens is 1. The Bertz CT molecular complexity index is 556. The summed E-state index contributed by atoms with van der Waals surface area (Å²) in [4.78, 5) is 0. The molecule has 1 atom stereocenters. The highest BCUT2D eigenvalue weighted by Crippen LogP contribution is 2.31. The van der Waals surface area contributed by atoms with Crippen LogP contribution in [0.1, 0.15) is 30.1 Å². The van der Waals surface area contributed by atoms with Gasteiger partial charge in [0, 0.05) is 11.6 Å². The van der Waals surface area contributed by atoms with Crippen LogP contribution in [-0.4, -0.2) is 16.7 Å². The van der Waals surface area contributed by atoms with Crippen molar-refractivity contribution < 1.29 is 4.39 Å². The van der Waals surface area contributed by atoms with Crippen LogP contribution in [0.25, 0.3) is 11.3 Å². The summed E-state index contributed by atoms with van der Waals surface area (Å²) in [6.45, 7) is 3.04. The van der Waals surface area contributed by atoms with Crippen molar-refractivity contribution in [1.29, 1.82) is 0 Å². The first-order valence-corrected chi connectivity index (χ1v) is 6.30. The standard InChI is InChI=1S/C14H16FN3/c1-9-13(10-5-2-3-6-11(10)15)17-18-14(9)12-7-4-8-16-12/h2-3,5-6,12,16H,4,7-8H2,1H3,(H,17,18). The molecule has 0 spiro atoms. The lowest BCUT2D eigenvalue weighted by Crippen LogP contribution is -2.14. The molecule has 94 valence electrons. The maximum absolute atomic E-state index is 13.8. The molecule has 1 unspecified atom stereocenters. The summed E-state index contributed by atoms with van der Waals surface area (Å²) in [5.41, 5.74) is 3.41. The van der Waals surface area contributed by atoms with Gasteiger partial charge in [-0.3, -0.25) is 5.10 Å². The molecule has 0 bridgehead atoms. The SMILES string of the molecule is Cc1c(-c2ccccc2F)n[nH]c1C1CCCN1. The van der Waals surface area contributed by atoms with Crippen LogP contribution in [0.5, 0.6) is 0 Å². The zero-order chi connectivity index (χ0) is 12.5. The minimum Gasteiger partial charge on any atom is -0.309 e. The largest absolute Gasteiger partial charge is 0.309 e. The molecular formula is C14H16FN3. The Morgan fingerprint density at radius 3 is 2.89 bits per heavy atom. The molecule has 0 radical (unpaired) electrons. The summed E-state index contributed by atoms with van der Waals surface area (Å²) in [5.74, 6) is -0.224. The summed E-state index contributed by atoms with van der Waals surface area (Å²) in [7, 11) is 0. The average molecular weight is 245 g/mol. The number of rotatable bonds is 2. The van der Waals surface area contributed by atoms with Crippen molar-refractivity contribution in [3.63, 3.8) is 0 Å². The second-order valence-electron chi connectivity index (χ2n) is 4.74. The van der Waals surface area contributed by atoms with Crippen LogP contribution in [0, 0.1) is 12.7 Å². The quantitative estimate of drug-likeness (QED) is 0.854. The molecule has 0 amide bonds. The lowest BCUT2D eigenvalue weighted by atomic mass is 10.0. The lowest BCUT2D eigenvalue weighted by molar-refractivity contribution is 0.622. The molecule has 2 N–H and O–H groups in total. The summed E-state index contributed by atoms with van der Waals surface area (Å²) >= 11 is 0. The molecule has 0 saturated carbocycles. The van der Waals surface area contributed by atoms with Gasteiger partial charge in [-0.15, -0.1) is 0 Å². The average Bonchev–Trinajstić information content (AvgIpc) is 2.99. The Kier molecular flexibility index (Phi) is 2.88. The van der Waals surface area contributed by atoms with Gasteiger partial charge in [0.1, 0.15) is 5.82 Å². The van der Waals surface area contributed by atoms with Crippen LogP contribution in [0.4, 0.5) is 4.39 Å². The molecule has 1 aromatic carbocycles. The van der Waals surface area contributed by atoms with Crippen molar-refractivity contribution in [2.24, 2.45) is 0 Å². The monoisotopic (exact) mass is 245 g/mol. The molecule has 18 heavy (non-hydrogen) atoms. The van der Waals surface area contributed by atoms with Gasteiger partial charge < -0.3 is 5.32 Å². The van der Waals surface area contributed by atoms with Crippen molar-refractivity contribution >= 4 is 0 Å². The Hall–Kier alpha value is -1.68. The van der Waals surface area contributed by atoms with Gasteiger partial charge in [0.15, 0.2) is 0 Å². The van der Waals surface area contributed by atoms with Gasteiger partial charge in [0.05, 0.1) is 11.4 Å². The number of benzene rings is 1. The Balaban J connectivity index is 2.02. The molecule has 1 aromatic heterocycles. The predicted octanol–water partition coefficient (Wildman–Crippen LogP) is 2.95. The fourth-order valence-electron chi connectivity index (χ4n) is 2.60. The van der Waals surface area contributed by atoms with Crippen LogP contribution in [0.3, 0.4) is 0 Å². The van der Waals surface area contributed by atoms with Gasteiger partial charge in [-0.05, 0) is 44.0 Å². The van der Waals surface area contributed by atoms with Crippen LogP contribution in [-0.2, 0) is 0 Å². The predicted molar refractivity (Wildman–Crippen MR) is 68.7 cm³/mol. The van der Waals surface area contributed by atoms with Crippen molar-refractivity contribution in [3.8, 4) is 11.3 Å². The van der Waals surface area contributed by atoms with E-state index in [-0.39, 0.29) is 5.82 Å². The highest BCUT2D eigenvalue weighted by atomic mass is 19.1. The minimum atomic E-state index is -0.224. The van der Waals surface area contributed by atoms with E-state index in [0.717, 1.165) is 29.9 Å². The van der Waals surface area contributed by atoms with Crippen molar-refractivity contribution in [2.75, 3.05) is 6.54 Å². The molecule has 3 rings (SSSR count). The highest BCUT2D eigenvalue weighted by Gasteiger charge is 2.22. The van der Waals surface area contributed by atoms with Gasteiger partial charge in [-0.1, -0.05) is 12.1 Å². The van der Waals surface area contributed by atoms with Crippen molar-refractivity contribution in [1.82, 2.24) is 15.5 Å². The number of hydrogen-bond donors (Lipinski definition) is 2. The molecule has 1 aliphatic heterocycles. The van der Waals surface area contributed by atoms with E-state index < -0.39 is 0 Å². The molecule has 1 fully saturated rings. The molecule has 0 aliphatic carbocycles. The van der Waals surface area contributed by atoms with Gasteiger partial charge in [0.25, 0.3) is 0 Å². The molecule has 2 aromatic rings. The molecule has 1 aliphatic rings. The fourth-order valence-corrected chi connectivity index (χ4v) is 2.60. The Labute approximate surface area is 105 Å². The number of H-pyrrole nitrogens is 1. The van der Waals surface area contributed by atoms with Crippen LogP contribution in [0.15, 0.2) is 24.3 Å². The maximum Gasteiger partial charge on any atom is 0.132 e. The third kappa shape index (κ3) is 1.82. The summed E-state index contributed by atoms with van der Waals surface area (Å²) in [5, 5.41) is 10.8. The third-order valence-electron chi connectivity index (χ3n) is 3.59. The Morgan fingerprint density at radius 1 is 1.33 bits per heavy atom. The number of nitrogens with one attached hydrogen (secondary N) is 2. The van der Waals surface area contributed by atoms with Gasteiger partial charge in [0.2, 0.25) is 0 Å². The molecule has 1 saturated heterocycles. The van der Waals surface area contributed by atoms with E-state index in [1.807, 2.05) is 13.0 Å². The highest BCUT2D eigenvalue weighted by molar-refractivity contribution is 5.64. The number of aromatic nitrogens is 2. The van der Waals surface area contributed by atoms with Gasteiger partial charge in [-0.2, -0.15) is 5.10 Å². The molecule has 2 heterocycles. The van der Waals surface area contributed by atoms with E-state index in [2.05, 4.69) is 15.5 Å². The summed E-state index contributed by atoms with van der Waals surface area (Å²) < 4.78 is 13.8. The smallest absolute Gasteiger partial charge is 0.132 e. The minimum absolute atomic E-state index is 0.224. The summed E-state index contributed by atoms with van der Waals surface area (Å²) in [6, 6.07) is 7.10. The molecule has 4 heteroatoms. The number of hydrogen-bond acceptors (Lipinski definition) is 2. The molecule has 3 nitrogen and oxygen atoms in total. The lowest BCUT2D eigenvalue weighted by Gasteiger charge is -2.08. The van der Waals surface area contributed by atoms with Crippen LogP contribution in [0.2, 0.25) is 0 Å². The normalized spacial score (nSPS) is 19.3.